The van der Waals surface area contributed by atoms with Crippen molar-refractivity contribution in [3.05, 3.63) is 72.6 Å². The standard InChI is InChI=1S/C20H19N2.BrH.Pt/c1-20(2,3)19-12-7-11-18(22-19)16-9-6-8-15(14-16)17-10-4-5-13-21-17;;/h4-13H,1-3H3;1H;/q-1;;+2/p-1. The monoisotopic (exact) mass is 561 g/mol. The molecule has 0 amide bonds. The van der Waals surface area contributed by atoms with Gasteiger partial charge in [0.05, 0.1) is 0 Å². The molecule has 0 aliphatic rings. The number of aromatic nitrogens is 2. The van der Waals surface area contributed by atoms with Crippen LogP contribution in [0.5, 0.6) is 0 Å². The molecule has 0 saturated heterocycles. The summed E-state index contributed by atoms with van der Waals surface area (Å²) >= 11 is 4.86. The number of halogens is 1. The van der Waals surface area contributed by atoms with Gasteiger partial charge in [-0.25, -0.2) is 0 Å². The number of hydrogen-bond acceptors (Lipinski definition) is 2. The average Bonchev–Trinajstić information content (AvgIpc) is 2.64. The van der Waals surface area contributed by atoms with E-state index in [0.29, 0.717) is 0 Å². The number of rotatable bonds is 2. The zero-order valence-corrected chi connectivity index (χ0v) is 17.7. The van der Waals surface area contributed by atoms with Gasteiger partial charge in [0.2, 0.25) is 0 Å². The van der Waals surface area contributed by atoms with Crippen LogP contribution in [0.4, 0.5) is 0 Å². The van der Waals surface area contributed by atoms with Gasteiger partial charge in [0.15, 0.2) is 0 Å². The summed E-state index contributed by atoms with van der Waals surface area (Å²) in [4.78, 5) is 9.19. The fourth-order valence-corrected chi connectivity index (χ4v) is 2.29. The van der Waals surface area contributed by atoms with Gasteiger partial charge in [-0.05, 0) is 12.1 Å². The van der Waals surface area contributed by atoms with Crippen LogP contribution >= 0.6 is 13.3 Å². The molecule has 0 bridgehead atoms. The summed E-state index contributed by atoms with van der Waals surface area (Å²) in [6, 6.07) is 21.6. The summed E-state index contributed by atoms with van der Waals surface area (Å²) < 4.78 is 0. The predicted molar refractivity (Wildman–Crippen MR) is 99.4 cm³/mol. The third-order valence-corrected chi connectivity index (χ3v) is 3.53. The molecule has 0 spiro atoms. The van der Waals surface area contributed by atoms with Crippen molar-refractivity contribution in [2.75, 3.05) is 0 Å². The zero-order chi connectivity index (χ0) is 17.6. The molecule has 0 atom stereocenters. The van der Waals surface area contributed by atoms with E-state index in [9.17, 15) is 0 Å². The summed E-state index contributed by atoms with van der Waals surface area (Å²) in [5, 5.41) is 0. The molecule has 2 aromatic heterocycles. The molecule has 0 unspecified atom stereocenters. The van der Waals surface area contributed by atoms with Gasteiger partial charge in [-0.1, -0.05) is 56.2 Å². The van der Waals surface area contributed by atoms with Gasteiger partial charge in [-0.2, -0.15) is 0 Å². The van der Waals surface area contributed by atoms with Crippen molar-refractivity contribution in [2.24, 2.45) is 0 Å². The van der Waals surface area contributed by atoms with E-state index in [2.05, 4.69) is 57.3 Å². The first-order valence-electron chi connectivity index (χ1n) is 7.58. The SMILES string of the molecule is CC(C)(C)c1cccc(-c2[c-]c(-c3ccccn3)ccc2)n1.[Br][Pt+]. The molecular formula is C20H19BrN2Pt. The van der Waals surface area contributed by atoms with Crippen LogP contribution in [0.3, 0.4) is 0 Å². The Kier molecular flexibility index (Phi) is 6.88. The van der Waals surface area contributed by atoms with Gasteiger partial charge in [-0.3, -0.25) is 9.97 Å². The van der Waals surface area contributed by atoms with Gasteiger partial charge in [0.1, 0.15) is 0 Å². The molecule has 126 valence electrons. The van der Waals surface area contributed by atoms with Crippen LogP contribution in [0.15, 0.2) is 60.8 Å². The molecule has 0 radical (unpaired) electrons. The second-order valence-electron chi connectivity index (χ2n) is 6.35. The Morgan fingerprint density at radius 1 is 0.833 bits per heavy atom. The molecule has 4 heteroatoms. The minimum atomic E-state index is 0.0363. The number of pyridine rings is 2. The summed E-state index contributed by atoms with van der Waals surface area (Å²) in [7, 11) is 0. The van der Waals surface area contributed by atoms with Crippen LogP contribution in [0.25, 0.3) is 22.5 Å². The third-order valence-electron chi connectivity index (χ3n) is 3.53. The normalized spacial score (nSPS) is 10.8. The van der Waals surface area contributed by atoms with E-state index in [1.54, 1.807) is 6.20 Å². The summed E-state index contributed by atoms with van der Waals surface area (Å²) in [6.45, 7) is 6.52. The quantitative estimate of drug-likeness (QED) is 0.372. The summed E-state index contributed by atoms with van der Waals surface area (Å²) in [5.41, 5.74) is 4.98. The molecule has 24 heavy (non-hydrogen) atoms. The molecular weight excluding hydrogens is 543 g/mol. The van der Waals surface area contributed by atoms with Gasteiger partial charge in [0.25, 0.3) is 0 Å². The number of benzene rings is 1. The first-order valence-corrected chi connectivity index (χ1v) is 12.5. The summed E-state index contributed by atoms with van der Waals surface area (Å²) in [5.74, 6) is 0. The van der Waals surface area contributed by atoms with Crippen LogP contribution in [-0.2, 0) is 23.2 Å². The van der Waals surface area contributed by atoms with Gasteiger partial charge < -0.3 is 0 Å². The Labute approximate surface area is 161 Å². The Hall–Kier alpha value is -1.31. The van der Waals surface area contributed by atoms with E-state index in [4.69, 9.17) is 4.98 Å². The van der Waals surface area contributed by atoms with E-state index in [-0.39, 0.29) is 5.41 Å². The second-order valence-corrected chi connectivity index (χ2v) is 6.35. The van der Waals surface area contributed by atoms with Crippen molar-refractivity contribution in [3.63, 3.8) is 0 Å². The van der Waals surface area contributed by atoms with Crippen LogP contribution in [0, 0.1) is 6.07 Å². The molecule has 1 aromatic carbocycles. The maximum absolute atomic E-state index is 4.80. The van der Waals surface area contributed by atoms with Crippen LogP contribution < -0.4 is 0 Å². The van der Waals surface area contributed by atoms with E-state index in [1.165, 1.54) is 0 Å². The molecule has 0 aliphatic heterocycles. The Morgan fingerprint density at radius 2 is 1.46 bits per heavy atom. The van der Waals surface area contributed by atoms with Crippen LogP contribution in [0.1, 0.15) is 26.5 Å². The molecule has 0 saturated carbocycles. The Bertz CT molecular complexity index is 783. The van der Waals surface area contributed by atoms with Crippen LogP contribution in [0.2, 0.25) is 0 Å². The van der Waals surface area contributed by atoms with Crippen LogP contribution in [-0.4, -0.2) is 9.97 Å². The van der Waals surface area contributed by atoms with E-state index in [1.807, 2.05) is 60.2 Å². The molecule has 3 aromatic rings. The topological polar surface area (TPSA) is 25.8 Å². The second kappa shape index (κ2) is 8.69. The molecule has 0 fully saturated rings. The molecule has 3 rings (SSSR count). The van der Waals surface area contributed by atoms with E-state index >= 15 is 0 Å². The fourth-order valence-electron chi connectivity index (χ4n) is 2.29. The first kappa shape index (κ1) is 19.0. The van der Waals surface area contributed by atoms with Crippen molar-refractivity contribution >= 4 is 13.3 Å². The number of nitrogens with zero attached hydrogens (tertiary/aromatic N) is 2. The van der Waals surface area contributed by atoms with Crippen molar-refractivity contribution in [1.29, 1.82) is 0 Å². The third kappa shape index (κ3) is 4.84. The van der Waals surface area contributed by atoms with Crippen molar-refractivity contribution in [1.82, 2.24) is 9.97 Å². The molecule has 2 nitrogen and oxygen atoms in total. The van der Waals surface area contributed by atoms with Gasteiger partial charge in [-0.15, -0.1) is 24.3 Å². The van der Waals surface area contributed by atoms with Gasteiger partial charge >= 0.3 is 31.1 Å². The van der Waals surface area contributed by atoms with Gasteiger partial charge in [0, 0.05) is 28.7 Å². The fraction of sp³-hybridized carbons (Fsp3) is 0.200. The minimum absolute atomic E-state index is 0.0363. The molecule has 2 heterocycles. The van der Waals surface area contributed by atoms with Crippen molar-refractivity contribution in [2.45, 2.75) is 26.2 Å². The first-order chi connectivity index (χ1) is 11.5. The predicted octanol–water partition coefficient (Wildman–Crippen LogP) is 5.75. The Morgan fingerprint density at radius 3 is 2.08 bits per heavy atom. The van der Waals surface area contributed by atoms with Crippen molar-refractivity contribution in [3.8, 4) is 22.5 Å². The maximum atomic E-state index is 4.80. The molecule has 0 aliphatic carbocycles. The molecule has 0 N–H and O–H groups in total. The Balaban J connectivity index is 0.00000100. The number of hydrogen-bond donors (Lipinski definition) is 0. The van der Waals surface area contributed by atoms with E-state index in [0.717, 1.165) is 28.2 Å². The summed E-state index contributed by atoms with van der Waals surface area (Å²) in [6.07, 6.45) is 1.80. The van der Waals surface area contributed by atoms with Crippen molar-refractivity contribution < 1.29 is 17.8 Å². The average molecular weight is 562 g/mol. The zero-order valence-electron chi connectivity index (χ0n) is 13.9. The van der Waals surface area contributed by atoms with E-state index < -0.39 is 0 Å².